The topological polar surface area (TPSA) is 36.4 Å². The van der Waals surface area contributed by atoms with Crippen LogP contribution in [0.4, 0.5) is 0 Å². The second-order valence-corrected chi connectivity index (χ2v) is 8.30. The van der Waals surface area contributed by atoms with Gasteiger partial charge in [-0.15, -0.1) is 0 Å². The Balaban J connectivity index is 1.46. The van der Waals surface area contributed by atoms with Crippen LogP contribution in [-0.4, -0.2) is 28.1 Å². The van der Waals surface area contributed by atoms with E-state index in [2.05, 4.69) is 28.1 Å². The van der Waals surface area contributed by atoms with Crippen LogP contribution in [-0.2, 0) is 6.54 Å². The molecule has 2 heterocycles. The molecule has 1 N–H and O–H groups in total. The summed E-state index contributed by atoms with van der Waals surface area (Å²) < 4.78 is 0. The molecule has 1 aliphatic heterocycles. The number of pyridine rings is 1. The number of phenols is 1. The van der Waals surface area contributed by atoms with Gasteiger partial charge in [0.25, 0.3) is 0 Å². The number of benzene rings is 2. The monoisotopic (exact) mass is 444 g/mol. The maximum atomic E-state index is 10.2. The van der Waals surface area contributed by atoms with Crippen LogP contribution in [0.3, 0.4) is 0 Å². The second-order valence-electron chi connectivity index (χ2n) is 7.05. The molecule has 0 aliphatic carbocycles. The van der Waals surface area contributed by atoms with E-state index in [1.807, 2.05) is 36.4 Å². The van der Waals surface area contributed by atoms with E-state index in [9.17, 15) is 5.11 Å². The molecular weight excluding hydrogens is 427 g/mol. The fourth-order valence-corrected chi connectivity index (χ4v) is 4.15. The quantitative estimate of drug-likeness (QED) is 0.483. The van der Waals surface area contributed by atoms with Gasteiger partial charge in [-0.05, 0) is 54.0 Å². The predicted molar refractivity (Wildman–Crippen MR) is 122 cm³/mol. The van der Waals surface area contributed by atoms with Crippen molar-refractivity contribution in [2.45, 2.75) is 13.0 Å². The van der Waals surface area contributed by atoms with Gasteiger partial charge >= 0.3 is 0 Å². The zero-order chi connectivity index (χ0) is 20.4. The van der Waals surface area contributed by atoms with Gasteiger partial charge in [0.1, 0.15) is 5.52 Å². The number of aromatic nitrogens is 1. The highest BCUT2D eigenvalue weighted by Crippen LogP contribution is 2.36. The van der Waals surface area contributed by atoms with E-state index in [4.69, 9.17) is 34.8 Å². The van der Waals surface area contributed by atoms with Crippen LogP contribution in [0.1, 0.15) is 17.7 Å². The van der Waals surface area contributed by atoms with Crippen LogP contribution < -0.4 is 0 Å². The summed E-state index contributed by atoms with van der Waals surface area (Å²) in [5.41, 5.74) is 3.65. The van der Waals surface area contributed by atoms with Crippen molar-refractivity contribution in [3.63, 3.8) is 0 Å². The number of phenolic OH excluding ortho intramolecular Hbond substituents is 1. The first-order valence-corrected chi connectivity index (χ1v) is 10.4. The molecule has 29 heavy (non-hydrogen) atoms. The predicted octanol–water partition coefficient (Wildman–Crippen LogP) is 6.75. The maximum Gasteiger partial charge on any atom is 0.160 e. The Morgan fingerprint density at radius 1 is 1.03 bits per heavy atom. The summed E-state index contributed by atoms with van der Waals surface area (Å²) in [5, 5.41) is 12.3. The van der Waals surface area contributed by atoms with Crippen LogP contribution in [0.2, 0.25) is 15.1 Å². The SMILES string of the molecule is Oc1c(Cl)cc(Cl)c2ccc(C=CC3=CCN(Cc4cccc(Cl)c4)CC3)nc12. The fraction of sp³-hybridized carbons (Fsp3) is 0.174. The van der Waals surface area contributed by atoms with Gasteiger partial charge in [0.15, 0.2) is 5.75 Å². The minimum atomic E-state index is -0.0464. The van der Waals surface area contributed by atoms with Crippen molar-refractivity contribution in [3.8, 4) is 5.75 Å². The Labute approximate surface area is 184 Å². The number of nitrogens with zero attached hydrogens (tertiary/aromatic N) is 2. The molecule has 0 saturated carbocycles. The zero-order valence-corrected chi connectivity index (χ0v) is 17.8. The third kappa shape index (κ3) is 4.76. The van der Waals surface area contributed by atoms with Crippen molar-refractivity contribution in [1.29, 1.82) is 0 Å². The summed E-state index contributed by atoms with van der Waals surface area (Å²) in [4.78, 5) is 6.89. The molecule has 3 aromatic rings. The van der Waals surface area contributed by atoms with Crippen molar-refractivity contribution in [3.05, 3.63) is 86.5 Å². The molecule has 0 unspecified atom stereocenters. The van der Waals surface area contributed by atoms with E-state index in [0.717, 1.165) is 36.8 Å². The van der Waals surface area contributed by atoms with E-state index in [1.165, 1.54) is 17.2 Å². The Bertz CT molecular complexity index is 1120. The summed E-state index contributed by atoms with van der Waals surface area (Å²) >= 11 is 18.3. The highest BCUT2D eigenvalue weighted by Gasteiger charge is 2.12. The molecule has 0 fully saturated rings. The average Bonchev–Trinajstić information content (AvgIpc) is 2.71. The molecule has 0 saturated heterocycles. The number of fused-ring (bicyclic) bond motifs is 1. The minimum absolute atomic E-state index is 0.0464. The molecule has 0 radical (unpaired) electrons. The summed E-state index contributed by atoms with van der Waals surface area (Å²) in [6, 6.07) is 13.3. The molecule has 2 aromatic carbocycles. The minimum Gasteiger partial charge on any atom is -0.504 e. The van der Waals surface area contributed by atoms with Crippen molar-refractivity contribution in [2.75, 3.05) is 13.1 Å². The zero-order valence-electron chi connectivity index (χ0n) is 15.6. The highest BCUT2D eigenvalue weighted by molar-refractivity contribution is 6.39. The lowest BCUT2D eigenvalue weighted by Crippen LogP contribution is -2.28. The van der Waals surface area contributed by atoms with E-state index >= 15 is 0 Å². The molecule has 4 rings (SSSR count). The average molecular weight is 446 g/mol. The fourth-order valence-electron chi connectivity index (χ4n) is 3.42. The Hall–Kier alpha value is -2.04. The molecule has 6 heteroatoms. The van der Waals surface area contributed by atoms with Gasteiger partial charge in [0, 0.05) is 30.0 Å². The van der Waals surface area contributed by atoms with Gasteiger partial charge in [0.05, 0.1) is 15.7 Å². The van der Waals surface area contributed by atoms with Crippen molar-refractivity contribution in [2.24, 2.45) is 0 Å². The smallest absolute Gasteiger partial charge is 0.160 e. The van der Waals surface area contributed by atoms with Gasteiger partial charge in [-0.1, -0.05) is 59.1 Å². The van der Waals surface area contributed by atoms with E-state index in [-0.39, 0.29) is 10.8 Å². The number of allylic oxidation sites excluding steroid dienone is 1. The number of halogens is 3. The highest BCUT2D eigenvalue weighted by atomic mass is 35.5. The summed E-state index contributed by atoms with van der Waals surface area (Å²) in [5.74, 6) is -0.0464. The van der Waals surface area contributed by atoms with Gasteiger partial charge in [-0.2, -0.15) is 0 Å². The number of hydrogen-bond acceptors (Lipinski definition) is 3. The lowest BCUT2D eigenvalue weighted by atomic mass is 10.1. The van der Waals surface area contributed by atoms with Crippen LogP contribution in [0, 0.1) is 0 Å². The van der Waals surface area contributed by atoms with Crippen molar-refractivity contribution >= 4 is 51.8 Å². The molecule has 0 atom stereocenters. The lowest BCUT2D eigenvalue weighted by molar-refractivity contribution is 0.287. The molecule has 1 aromatic heterocycles. The molecule has 1 aliphatic rings. The van der Waals surface area contributed by atoms with Crippen molar-refractivity contribution in [1.82, 2.24) is 9.88 Å². The van der Waals surface area contributed by atoms with Crippen molar-refractivity contribution < 1.29 is 5.11 Å². The van der Waals surface area contributed by atoms with Gasteiger partial charge < -0.3 is 5.11 Å². The first kappa shape index (κ1) is 20.2. The molecule has 148 valence electrons. The third-order valence-electron chi connectivity index (χ3n) is 4.97. The van der Waals surface area contributed by atoms with Gasteiger partial charge in [0.2, 0.25) is 0 Å². The number of rotatable bonds is 4. The normalized spacial score (nSPS) is 15.2. The summed E-state index contributed by atoms with van der Waals surface area (Å²) in [6.07, 6.45) is 7.23. The van der Waals surface area contributed by atoms with E-state index in [0.29, 0.717) is 15.9 Å². The third-order valence-corrected chi connectivity index (χ3v) is 5.81. The molecule has 3 nitrogen and oxygen atoms in total. The molecule has 0 bridgehead atoms. The standard InChI is InChI=1S/C23H19Cl3N2O/c24-17-3-1-2-16(12-17)14-28-10-8-15(9-11-28)4-5-18-6-7-19-20(25)13-21(26)23(29)22(19)27-18/h1-8,12-13,29H,9-11,14H2. The number of aromatic hydroxyl groups is 1. The van der Waals surface area contributed by atoms with E-state index < -0.39 is 0 Å². The molecular formula is C23H19Cl3N2O. The Morgan fingerprint density at radius 2 is 1.90 bits per heavy atom. The summed E-state index contributed by atoms with van der Waals surface area (Å²) in [6.45, 7) is 2.77. The lowest BCUT2D eigenvalue weighted by Gasteiger charge is -2.25. The molecule has 0 spiro atoms. The number of hydrogen-bond donors (Lipinski definition) is 1. The van der Waals surface area contributed by atoms with Crippen LogP contribution in [0.5, 0.6) is 5.75 Å². The largest absolute Gasteiger partial charge is 0.504 e. The maximum absolute atomic E-state index is 10.2. The van der Waals surface area contributed by atoms with Crippen LogP contribution in [0.15, 0.2) is 60.2 Å². The van der Waals surface area contributed by atoms with Gasteiger partial charge in [-0.25, -0.2) is 4.98 Å². The molecule has 0 amide bonds. The van der Waals surface area contributed by atoms with E-state index in [1.54, 1.807) is 0 Å². The summed E-state index contributed by atoms with van der Waals surface area (Å²) in [7, 11) is 0. The second kappa shape index (κ2) is 8.76. The van der Waals surface area contributed by atoms with Crippen LogP contribution >= 0.6 is 34.8 Å². The van der Waals surface area contributed by atoms with Crippen LogP contribution in [0.25, 0.3) is 17.0 Å². The first-order chi connectivity index (χ1) is 14.0. The van der Waals surface area contributed by atoms with Gasteiger partial charge in [-0.3, -0.25) is 4.90 Å². The Kier molecular flexibility index (Phi) is 6.12. The Morgan fingerprint density at radius 3 is 2.66 bits per heavy atom. The first-order valence-electron chi connectivity index (χ1n) is 9.31.